The van der Waals surface area contributed by atoms with Crippen LogP contribution in [0, 0.1) is 15.9 Å². The molecule has 0 aliphatic carbocycles. The molecular weight excluding hydrogens is 285 g/mol. The van der Waals surface area contributed by atoms with Gasteiger partial charge in [-0.2, -0.15) is 0 Å². The van der Waals surface area contributed by atoms with Crippen LogP contribution in [-0.4, -0.2) is 14.5 Å². The number of fused-ring (bicyclic) bond motifs is 1. The Kier molecular flexibility index (Phi) is 3.42. The van der Waals surface area contributed by atoms with Gasteiger partial charge in [-0.3, -0.25) is 10.1 Å². The number of aromatic nitrogens is 2. The molecule has 0 saturated heterocycles. The second-order valence-electron chi connectivity index (χ2n) is 4.90. The highest BCUT2D eigenvalue weighted by atomic mass is 19.1. The van der Waals surface area contributed by atoms with E-state index in [2.05, 4.69) is 4.98 Å². The van der Waals surface area contributed by atoms with E-state index < -0.39 is 4.92 Å². The molecule has 3 aromatic rings. The normalized spacial score (nSPS) is 11.4. The first-order valence-corrected chi connectivity index (χ1v) is 6.58. The minimum atomic E-state index is -0.465. The Balaban J connectivity index is 2.04. The largest absolute Gasteiger partial charge is 0.335 e. The topological polar surface area (TPSA) is 61.0 Å². The summed E-state index contributed by atoms with van der Waals surface area (Å²) in [6.45, 7) is 0. The number of hydrogen-bond acceptors (Lipinski definition) is 3. The third-order valence-corrected chi connectivity index (χ3v) is 3.37. The van der Waals surface area contributed by atoms with Gasteiger partial charge in [-0.1, -0.05) is 24.3 Å². The van der Waals surface area contributed by atoms with E-state index in [1.54, 1.807) is 12.1 Å². The van der Waals surface area contributed by atoms with Crippen molar-refractivity contribution >= 4 is 28.9 Å². The molecule has 0 N–H and O–H groups in total. The third kappa shape index (κ3) is 2.58. The number of hydrogen-bond donors (Lipinski definition) is 0. The van der Waals surface area contributed by atoms with E-state index in [1.807, 2.05) is 30.0 Å². The number of benzene rings is 1. The number of nitrogens with zero attached hydrogens (tertiary/aromatic N) is 3. The molecule has 5 nitrogen and oxygen atoms in total. The maximum atomic E-state index is 12.9. The van der Waals surface area contributed by atoms with Gasteiger partial charge in [0.1, 0.15) is 17.7 Å². The second kappa shape index (κ2) is 5.40. The molecule has 0 radical (unpaired) electrons. The Hall–Kier alpha value is -3.02. The van der Waals surface area contributed by atoms with Crippen molar-refractivity contribution in [3.8, 4) is 0 Å². The van der Waals surface area contributed by atoms with E-state index >= 15 is 0 Å². The highest BCUT2D eigenvalue weighted by Crippen LogP contribution is 2.24. The average Bonchev–Trinajstić information content (AvgIpc) is 2.82. The van der Waals surface area contributed by atoms with Crippen LogP contribution in [0.4, 0.5) is 10.1 Å². The zero-order chi connectivity index (χ0) is 15.7. The molecule has 0 unspecified atom stereocenters. The zero-order valence-electron chi connectivity index (χ0n) is 11.7. The summed E-state index contributed by atoms with van der Waals surface area (Å²) in [5.41, 5.74) is 2.29. The molecule has 0 aliphatic heterocycles. The lowest BCUT2D eigenvalue weighted by Gasteiger charge is -1.95. The van der Waals surface area contributed by atoms with Gasteiger partial charge in [-0.25, -0.2) is 9.37 Å². The Bertz CT molecular complexity index is 882. The van der Waals surface area contributed by atoms with Crippen molar-refractivity contribution in [1.29, 1.82) is 0 Å². The smallest absolute Gasteiger partial charge is 0.288 e. The van der Waals surface area contributed by atoms with Crippen LogP contribution in [0.1, 0.15) is 11.1 Å². The fourth-order valence-corrected chi connectivity index (χ4v) is 2.27. The maximum absolute atomic E-state index is 12.9. The number of pyridine rings is 1. The van der Waals surface area contributed by atoms with E-state index in [-0.39, 0.29) is 11.5 Å². The minimum Gasteiger partial charge on any atom is -0.335 e. The number of nitro groups is 1. The summed E-state index contributed by atoms with van der Waals surface area (Å²) in [6.07, 6.45) is 6.76. The number of aryl methyl sites for hydroxylation is 1. The Morgan fingerprint density at radius 3 is 2.68 bits per heavy atom. The van der Waals surface area contributed by atoms with Gasteiger partial charge in [0.2, 0.25) is 0 Å². The van der Waals surface area contributed by atoms with Crippen molar-refractivity contribution < 1.29 is 9.31 Å². The van der Waals surface area contributed by atoms with Crippen molar-refractivity contribution in [2.45, 2.75) is 0 Å². The van der Waals surface area contributed by atoms with Crippen LogP contribution < -0.4 is 0 Å². The van der Waals surface area contributed by atoms with Gasteiger partial charge < -0.3 is 4.57 Å². The molecule has 2 heterocycles. The summed E-state index contributed by atoms with van der Waals surface area (Å²) in [4.78, 5) is 14.5. The molecule has 22 heavy (non-hydrogen) atoms. The molecule has 1 aromatic carbocycles. The van der Waals surface area contributed by atoms with Gasteiger partial charge in [-0.05, 0) is 17.7 Å². The van der Waals surface area contributed by atoms with Crippen molar-refractivity contribution in [3.63, 3.8) is 0 Å². The molecule has 0 spiro atoms. The second-order valence-corrected chi connectivity index (χ2v) is 4.90. The summed E-state index contributed by atoms with van der Waals surface area (Å²) in [5, 5.41) is 11.6. The first kappa shape index (κ1) is 13.9. The van der Waals surface area contributed by atoms with Crippen LogP contribution in [0.2, 0.25) is 0 Å². The van der Waals surface area contributed by atoms with Gasteiger partial charge in [0.25, 0.3) is 5.69 Å². The Labute approximate surface area is 125 Å². The van der Waals surface area contributed by atoms with Gasteiger partial charge in [0, 0.05) is 30.3 Å². The van der Waals surface area contributed by atoms with Gasteiger partial charge >= 0.3 is 0 Å². The fraction of sp³-hybridized carbons (Fsp3) is 0.0625. The van der Waals surface area contributed by atoms with Crippen LogP contribution in [-0.2, 0) is 7.05 Å². The molecule has 3 rings (SSSR count). The quantitative estimate of drug-likeness (QED) is 0.546. The predicted molar refractivity (Wildman–Crippen MR) is 82.7 cm³/mol. The summed E-state index contributed by atoms with van der Waals surface area (Å²) >= 11 is 0. The van der Waals surface area contributed by atoms with E-state index in [0.29, 0.717) is 11.0 Å². The summed E-state index contributed by atoms with van der Waals surface area (Å²) in [6, 6.07) is 7.60. The molecule has 110 valence electrons. The zero-order valence-corrected chi connectivity index (χ0v) is 11.7. The molecule has 0 saturated carbocycles. The van der Waals surface area contributed by atoms with Gasteiger partial charge in [-0.15, -0.1) is 0 Å². The van der Waals surface area contributed by atoms with E-state index in [4.69, 9.17) is 0 Å². The lowest BCUT2D eigenvalue weighted by molar-refractivity contribution is -0.385. The van der Waals surface area contributed by atoms with Crippen LogP contribution in [0.15, 0.2) is 42.7 Å². The summed E-state index contributed by atoms with van der Waals surface area (Å²) < 4.78 is 14.7. The highest BCUT2D eigenvalue weighted by molar-refractivity contribution is 5.91. The lowest BCUT2D eigenvalue weighted by atomic mass is 10.1. The molecule has 0 bridgehead atoms. The SMILES string of the molecule is Cn1cc(/C=C/c2ccc(F)cc2)c2cc([N+](=O)[O-])cnc21. The van der Waals surface area contributed by atoms with Crippen LogP contribution in [0.3, 0.4) is 0 Å². The highest BCUT2D eigenvalue weighted by Gasteiger charge is 2.12. The number of rotatable bonds is 3. The van der Waals surface area contributed by atoms with Crippen LogP contribution >= 0.6 is 0 Å². The summed E-state index contributed by atoms with van der Waals surface area (Å²) in [5.74, 6) is -0.290. The molecule has 2 aromatic heterocycles. The monoisotopic (exact) mass is 297 g/mol. The molecule has 0 amide bonds. The van der Waals surface area contributed by atoms with Gasteiger partial charge in [0.05, 0.1) is 4.92 Å². The van der Waals surface area contributed by atoms with Gasteiger partial charge in [0.15, 0.2) is 0 Å². The maximum Gasteiger partial charge on any atom is 0.288 e. The third-order valence-electron chi connectivity index (χ3n) is 3.37. The van der Waals surface area contributed by atoms with E-state index in [9.17, 15) is 14.5 Å². The Morgan fingerprint density at radius 2 is 2.00 bits per heavy atom. The molecule has 0 fully saturated rings. The van der Waals surface area contributed by atoms with Crippen molar-refractivity contribution in [2.24, 2.45) is 7.05 Å². The van der Waals surface area contributed by atoms with E-state index in [0.717, 1.165) is 11.1 Å². The minimum absolute atomic E-state index is 0.0462. The Morgan fingerprint density at radius 1 is 1.27 bits per heavy atom. The first-order valence-electron chi connectivity index (χ1n) is 6.58. The molecule has 6 heteroatoms. The van der Waals surface area contributed by atoms with E-state index in [1.165, 1.54) is 24.4 Å². The standard InChI is InChI=1S/C16H12FN3O2/c1-19-10-12(5-2-11-3-6-13(17)7-4-11)15-8-14(20(21)22)9-18-16(15)19/h2-10H,1H3/b5-2+. The van der Waals surface area contributed by atoms with Crippen molar-refractivity contribution in [3.05, 3.63) is 69.8 Å². The molecule has 0 aliphatic rings. The fourth-order valence-electron chi connectivity index (χ4n) is 2.27. The van der Waals surface area contributed by atoms with Crippen LogP contribution in [0.25, 0.3) is 23.2 Å². The average molecular weight is 297 g/mol. The predicted octanol–water partition coefficient (Wildman–Crippen LogP) is 3.79. The molecular formula is C16H12FN3O2. The first-order chi connectivity index (χ1) is 10.5. The molecule has 0 atom stereocenters. The van der Waals surface area contributed by atoms with Crippen molar-refractivity contribution in [2.75, 3.05) is 0 Å². The van der Waals surface area contributed by atoms with Crippen LogP contribution in [0.5, 0.6) is 0 Å². The summed E-state index contributed by atoms with van der Waals surface area (Å²) in [7, 11) is 1.83. The number of halogens is 1. The van der Waals surface area contributed by atoms with Crippen molar-refractivity contribution in [1.82, 2.24) is 9.55 Å². The lowest BCUT2D eigenvalue weighted by Crippen LogP contribution is -1.91.